The zero-order valence-electron chi connectivity index (χ0n) is 15.5. The first kappa shape index (κ1) is 20.7. The second-order valence-corrected chi connectivity index (χ2v) is 9.15. The van der Waals surface area contributed by atoms with Gasteiger partial charge in [-0.15, -0.1) is 0 Å². The van der Waals surface area contributed by atoms with Crippen LogP contribution in [-0.2, 0) is 14.8 Å². The molecule has 1 atom stereocenters. The Morgan fingerprint density at radius 3 is 2.46 bits per heavy atom. The Kier molecular flexibility index (Phi) is 6.31. The number of carbonyl (C=O) groups excluding carboxylic acids is 1. The third-order valence-corrected chi connectivity index (χ3v) is 7.36. The molecule has 2 N–H and O–H groups in total. The highest BCUT2D eigenvalue weighted by molar-refractivity contribution is 7.89. The van der Waals surface area contributed by atoms with E-state index in [9.17, 15) is 28.4 Å². The second kappa shape index (κ2) is 8.54. The van der Waals surface area contributed by atoms with Gasteiger partial charge in [-0.2, -0.15) is 0 Å². The molecule has 9 nitrogen and oxygen atoms in total. The second-order valence-electron chi connectivity index (χ2n) is 7.37. The number of amides is 1. The Balaban J connectivity index is 2.02. The zero-order chi connectivity index (χ0) is 20.3. The summed E-state index contributed by atoms with van der Waals surface area (Å²) in [5.74, 6) is -1.01. The highest BCUT2D eigenvalue weighted by atomic mass is 32.2. The van der Waals surface area contributed by atoms with Gasteiger partial charge in [-0.25, -0.2) is 12.7 Å². The van der Waals surface area contributed by atoms with Crippen molar-refractivity contribution in [2.45, 2.75) is 55.6 Å². The predicted molar refractivity (Wildman–Crippen MR) is 101 cm³/mol. The standard InChI is InChI=1S/C18H25N3O6S/c22-15-9-7-14(8-10-15)20(18(23)13-4-3-11-19-12-13)28(26,27)17-6-2-1-5-16(17)21(24)25/h1-2,5-6,13-15,19,22H,3-4,7-12H2/t13-,14?,15?/m0/s1. The molecule has 0 spiro atoms. The summed E-state index contributed by atoms with van der Waals surface area (Å²) < 4.78 is 27.8. The van der Waals surface area contributed by atoms with E-state index < -0.39 is 49.5 Å². The van der Waals surface area contributed by atoms with Crippen LogP contribution in [0.5, 0.6) is 0 Å². The van der Waals surface area contributed by atoms with E-state index in [0.717, 1.165) is 23.3 Å². The Morgan fingerprint density at radius 2 is 1.86 bits per heavy atom. The molecular weight excluding hydrogens is 386 g/mol. The summed E-state index contributed by atoms with van der Waals surface area (Å²) in [5, 5.41) is 24.3. The Labute approximate surface area is 163 Å². The molecule has 2 fully saturated rings. The summed E-state index contributed by atoms with van der Waals surface area (Å²) in [5.41, 5.74) is -0.544. The number of aliphatic hydroxyl groups excluding tert-OH is 1. The van der Waals surface area contributed by atoms with Crippen LogP contribution in [0.25, 0.3) is 0 Å². The fourth-order valence-corrected chi connectivity index (χ4v) is 5.82. The normalized spacial score (nSPS) is 25.8. The number of nitrogens with zero attached hydrogens (tertiary/aromatic N) is 2. The summed E-state index contributed by atoms with van der Waals surface area (Å²) in [7, 11) is -4.41. The largest absolute Gasteiger partial charge is 0.393 e. The van der Waals surface area contributed by atoms with Crippen LogP contribution in [0, 0.1) is 16.0 Å². The van der Waals surface area contributed by atoms with E-state index in [1.165, 1.54) is 18.2 Å². The highest BCUT2D eigenvalue weighted by Crippen LogP contribution is 2.33. The first-order chi connectivity index (χ1) is 13.3. The lowest BCUT2D eigenvalue weighted by Gasteiger charge is -2.37. The molecule has 1 heterocycles. The van der Waals surface area contributed by atoms with Crippen molar-refractivity contribution in [2.75, 3.05) is 13.1 Å². The van der Waals surface area contributed by atoms with Gasteiger partial charge in [0.05, 0.1) is 16.9 Å². The van der Waals surface area contributed by atoms with E-state index in [2.05, 4.69) is 5.32 Å². The van der Waals surface area contributed by atoms with Gasteiger partial charge in [0.2, 0.25) is 5.91 Å². The third kappa shape index (κ3) is 4.18. The maximum atomic E-state index is 13.4. The first-order valence-corrected chi connectivity index (χ1v) is 11.0. The number of piperidine rings is 1. The van der Waals surface area contributed by atoms with E-state index in [0.29, 0.717) is 38.6 Å². The summed E-state index contributed by atoms with van der Waals surface area (Å²) in [4.78, 5) is 23.4. The number of hydrogen-bond acceptors (Lipinski definition) is 7. The van der Waals surface area contributed by atoms with E-state index in [1.54, 1.807) is 0 Å². The number of nitrogens with one attached hydrogen (secondary N) is 1. The number of para-hydroxylation sites is 1. The number of sulfonamides is 1. The monoisotopic (exact) mass is 411 g/mol. The maximum absolute atomic E-state index is 13.4. The van der Waals surface area contributed by atoms with Crippen molar-refractivity contribution in [3.8, 4) is 0 Å². The molecule has 1 amide bonds. The van der Waals surface area contributed by atoms with E-state index in [4.69, 9.17) is 0 Å². The molecule has 10 heteroatoms. The minimum atomic E-state index is -4.41. The van der Waals surface area contributed by atoms with E-state index >= 15 is 0 Å². The van der Waals surface area contributed by atoms with Crippen molar-refractivity contribution in [1.29, 1.82) is 0 Å². The van der Waals surface area contributed by atoms with Crippen LogP contribution < -0.4 is 5.32 Å². The lowest BCUT2D eigenvalue weighted by molar-refractivity contribution is -0.387. The quantitative estimate of drug-likeness (QED) is 0.553. The van der Waals surface area contributed by atoms with Gasteiger partial charge in [0.1, 0.15) is 0 Å². The number of rotatable bonds is 5. The summed E-state index contributed by atoms with van der Waals surface area (Å²) in [6.07, 6.45) is 2.29. The minimum absolute atomic E-state index is 0.340. The molecule has 1 aromatic rings. The fourth-order valence-electron chi connectivity index (χ4n) is 3.96. The molecule has 0 bridgehead atoms. The van der Waals surface area contributed by atoms with Crippen LogP contribution in [0.3, 0.4) is 0 Å². The smallest absolute Gasteiger partial charge is 0.289 e. The number of benzene rings is 1. The molecule has 1 aliphatic carbocycles. The number of nitro benzene ring substituents is 1. The third-order valence-electron chi connectivity index (χ3n) is 5.46. The van der Waals surface area contributed by atoms with Crippen LogP contribution in [0.2, 0.25) is 0 Å². The molecule has 1 saturated heterocycles. The van der Waals surface area contributed by atoms with Crippen LogP contribution in [0.4, 0.5) is 5.69 Å². The van der Waals surface area contributed by atoms with Crippen molar-refractivity contribution >= 4 is 21.6 Å². The highest BCUT2D eigenvalue weighted by Gasteiger charge is 2.42. The number of carbonyl (C=O) groups is 1. The van der Waals surface area contributed by atoms with Crippen molar-refractivity contribution in [1.82, 2.24) is 9.62 Å². The lowest BCUT2D eigenvalue weighted by atomic mass is 9.91. The lowest BCUT2D eigenvalue weighted by Crippen LogP contribution is -2.51. The van der Waals surface area contributed by atoms with Crippen LogP contribution in [0.1, 0.15) is 38.5 Å². The van der Waals surface area contributed by atoms with Gasteiger partial charge in [-0.1, -0.05) is 12.1 Å². The molecule has 2 aliphatic rings. The molecule has 0 aromatic heterocycles. The first-order valence-electron chi connectivity index (χ1n) is 9.53. The average molecular weight is 411 g/mol. The topological polar surface area (TPSA) is 130 Å². The van der Waals surface area contributed by atoms with Gasteiger partial charge < -0.3 is 10.4 Å². The molecule has 1 saturated carbocycles. The Morgan fingerprint density at radius 1 is 1.18 bits per heavy atom. The van der Waals surface area contributed by atoms with Gasteiger partial charge >= 0.3 is 0 Å². The number of aliphatic hydroxyl groups is 1. The molecule has 154 valence electrons. The molecule has 1 aliphatic heterocycles. The number of nitro groups is 1. The predicted octanol–water partition coefficient (Wildman–Crippen LogP) is 1.42. The molecule has 0 unspecified atom stereocenters. The van der Waals surface area contributed by atoms with Gasteiger partial charge in [-0.05, 0) is 51.1 Å². The van der Waals surface area contributed by atoms with Crippen LogP contribution >= 0.6 is 0 Å². The van der Waals surface area contributed by atoms with E-state index in [-0.39, 0.29) is 0 Å². The maximum Gasteiger partial charge on any atom is 0.289 e. The molecule has 28 heavy (non-hydrogen) atoms. The van der Waals surface area contributed by atoms with E-state index in [1.807, 2.05) is 0 Å². The van der Waals surface area contributed by atoms with Gasteiger partial charge in [0.25, 0.3) is 15.7 Å². The molecule has 3 rings (SSSR count). The molecule has 0 radical (unpaired) electrons. The van der Waals surface area contributed by atoms with Crippen LogP contribution in [-0.4, -0.2) is 53.9 Å². The van der Waals surface area contributed by atoms with Crippen molar-refractivity contribution in [3.05, 3.63) is 34.4 Å². The van der Waals surface area contributed by atoms with Gasteiger partial charge in [0.15, 0.2) is 4.90 Å². The van der Waals surface area contributed by atoms with Gasteiger partial charge in [0, 0.05) is 18.7 Å². The Bertz CT molecular complexity index is 829. The average Bonchev–Trinajstić information content (AvgIpc) is 2.70. The zero-order valence-corrected chi connectivity index (χ0v) is 16.3. The van der Waals surface area contributed by atoms with Crippen molar-refractivity contribution in [2.24, 2.45) is 5.92 Å². The Hall–Kier alpha value is -2.04. The minimum Gasteiger partial charge on any atom is -0.393 e. The van der Waals surface area contributed by atoms with Crippen LogP contribution in [0.15, 0.2) is 29.2 Å². The fraction of sp³-hybridized carbons (Fsp3) is 0.611. The summed E-state index contributed by atoms with van der Waals surface area (Å²) in [6, 6.07) is 4.50. The summed E-state index contributed by atoms with van der Waals surface area (Å²) >= 11 is 0. The van der Waals surface area contributed by atoms with Gasteiger partial charge in [-0.3, -0.25) is 14.9 Å². The number of hydrogen-bond donors (Lipinski definition) is 2. The SMILES string of the molecule is O=C([C@H]1CCCNC1)N(C1CCC(O)CC1)S(=O)(=O)c1ccccc1[N+](=O)[O-]. The molecule has 1 aromatic carbocycles. The van der Waals surface area contributed by atoms with Crippen molar-refractivity contribution in [3.63, 3.8) is 0 Å². The summed E-state index contributed by atoms with van der Waals surface area (Å²) in [6.45, 7) is 1.16. The van der Waals surface area contributed by atoms with Crippen molar-refractivity contribution < 1.29 is 23.2 Å². The molecular formula is C18H25N3O6S.